The van der Waals surface area contributed by atoms with Gasteiger partial charge in [0.25, 0.3) is 0 Å². The molecule has 1 aromatic heterocycles. The van der Waals surface area contributed by atoms with E-state index in [2.05, 4.69) is 36.4 Å². The molecular weight excluding hydrogens is 350 g/mol. The van der Waals surface area contributed by atoms with Crippen LogP contribution < -0.4 is 5.32 Å². The Kier molecular flexibility index (Phi) is 4.04. The van der Waals surface area contributed by atoms with Crippen molar-refractivity contribution in [2.24, 2.45) is 0 Å². The lowest BCUT2D eigenvalue weighted by molar-refractivity contribution is 0.974. The van der Waals surface area contributed by atoms with E-state index in [1.165, 1.54) is 0 Å². The Balaban J connectivity index is 2.38. The van der Waals surface area contributed by atoms with Gasteiger partial charge in [-0.05, 0) is 39.7 Å². The zero-order valence-corrected chi connectivity index (χ0v) is 11.9. The van der Waals surface area contributed by atoms with E-state index in [0.717, 1.165) is 0 Å². The number of anilines is 2. The summed E-state index contributed by atoms with van der Waals surface area (Å²) in [5.74, 6) is 0.314. The van der Waals surface area contributed by atoms with Crippen LogP contribution in [0.2, 0.25) is 15.5 Å². The lowest BCUT2D eigenvalue weighted by Gasteiger charge is -2.09. The molecule has 0 fully saturated rings. The predicted octanol–water partition coefficient (Wildman–Crippen LogP) is 4.34. The largest absolute Gasteiger partial charge is 0.337 e. The maximum Gasteiger partial charge on any atom is 0.245 e. The van der Waals surface area contributed by atoms with Crippen LogP contribution in [0.5, 0.6) is 0 Å². The average Bonchev–Trinajstić information content (AvgIpc) is 2.30. The van der Waals surface area contributed by atoms with Crippen molar-refractivity contribution in [3.63, 3.8) is 0 Å². The van der Waals surface area contributed by atoms with Gasteiger partial charge in [-0.25, -0.2) is 0 Å². The third kappa shape index (κ3) is 2.98. The molecule has 4 nitrogen and oxygen atoms in total. The van der Waals surface area contributed by atoms with E-state index in [9.17, 15) is 0 Å². The van der Waals surface area contributed by atoms with Gasteiger partial charge in [0.15, 0.2) is 11.0 Å². The van der Waals surface area contributed by atoms with Crippen molar-refractivity contribution in [2.45, 2.75) is 0 Å². The fraction of sp³-hybridized carbons (Fsp3) is 0. The maximum atomic E-state index is 5.96. The fourth-order valence-corrected chi connectivity index (χ4v) is 1.89. The minimum Gasteiger partial charge on any atom is -0.337 e. The van der Waals surface area contributed by atoms with Crippen LogP contribution >= 0.6 is 50.7 Å². The van der Waals surface area contributed by atoms with Gasteiger partial charge in [0, 0.05) is 0 Å². The van der Waals surface area contributed by atoms with Crippen LogP contribution in [0.1, 0.15) is 0 Å². The summed E-state index contributed by atoms with van der Waals surface area (Å²) in [6.45, 7) is 0. The molecule has 8 heteroatoms. The number of hydrogen-bond donors (Lipinski definition) is 1. The molecule has 0 aliphatic rings. The van der Waals surface area contributed by atoms with Crippen molar-refractivity contribution in [3.8, 4) is 0 Å². The number of nitrogens with one attached hydrogen (secondary N) is 1. The molecular formula is C9H4BrCl3N4. The van der Waals surface area contributed by atoms with Crippen molar-refractivity contribution < 1.29 is 0 Å². The first kappa shape index (κ1) is 12.8. The molecule has 0 saturated heterocycles. The highest BCUT2D eigenvalue weighted by atomic mass is 79.9. The molecule has 0 bridgehead atoms. The van der Waals surface area contributed by atoms with E-state index in [0.29, 0.717) is 21.0 Å². The lowest BCUT2D eigenvalue weighted by Crippen LogP contribution is -1.99. The topological polar surface area (TPSA) is 50.7 Å². The highest BCUT2D eigenvalue weighted by Gasteiger charge is 2.09. The van der Waals surface area contributed by atoms with Gasteiger partial charge in [-0.15, -0.1) is 10.2 Å². The second kappa shape index (κ2) is 5.35. The van der Waals surface area contributed by atoms with Crippen LogP contribution in [-0.2, 0) is 0 Å². The molecule has 1 aromatic carbocycles. The van der Waals surface area contributed by atoms with E-state index in [-0.39, 0.29) is 10.4 Å². The quantitative estimate of drug-likeness (QED) is 0.872. The summed E-state index contributed by atoms with van der Waals surface area (Å²) in [4.78, 5) is 3.92. The van der Waals surface area contributed by atoms with Crippen molar-refractivity contribution in [3.05, 3.63) is 38.1 Å². The molecule has 0 atom stereocenters. The van der Waals surface area contributed by atoms with Gasteiger partial charge in [-0.3, -0.25) is 0 Å². The molecule has 0 amide bonds. The van der Waals surface area contributed by atoms with Gasteiger partial charge in [0.2, 0.25) is 5.28 Å². The standard InChI is InChI=1S/C9H4BrCl3N4/c10-6-4(11)2-1-3-5(6)14-8-7(12)16-17-9(13)15-8/h1-3H,(H,14,15,17). The van der Waals surface area contributed by atoms with E-state index >= 15 is 0 Å². The summed E-state index contributed by atoms with van der Waals surface area (Å²) in [5, 5.41) is 10.8. The van der Waals surface area contributed by atoms with Crippen molar-refractivity contribution in [2.75, 3.05) is 5.32 Å². The minimum absolute atomic E-state index is 0.00931. The van der Waals surface area contributed by atoms with Crippen LogP contribution in [0.25, 0.3) is 0 Å². The van der Waals surface area contributed by atoms with Gasteiger partial charge < -0.3 is 5.32 Å². The van der Waals surface area contributed by atoms with Crippen LogP contribution in [0, 0.1) is 0 Å². The molecule has 0 radical (unpaired) electrons. The first-order valence-electron chi connectivity index (χ1n) is 4.34. The SMILES string of the molecule is Clc1nnc(Cl)c(Nc2cccc(Cl)c2Br)n1. The molecule has 17 heavy (non-hydrogen) atoms. The molecule has 1 N–H and O–H groups in total. The second-order valence-corrected chi connectivity index (χ2v) is 4.84. The maximum absolute atomic E-state index is 5.96. The first-order chi connectivity index (χ1) is 8.08. The van der Waals surface area contributed by atoms with Crippen LogP contribution in [0.3, 0.4) is 0 Å². The van der Waals surface area contributed by atoms with Crippen LogP contribution in [0.15, 0.2) is 22.7 Å². The lowest BCUT2D eigenvalue weighted by atomic mass is 10.3. The van der Waals surface area contributed by atoms with Gasteiger partial charge >= 0.3 is 0 Å². The highest BCUT2D eigenvalue weighted by Crippen LogP contribution is 2.32. The minimum atomic E-state index is 0.00931. The molecule has 0 spiro atoms. The van der Waals surface area contributed by atoms with Gasteiger partial charge in [0.05, 0.1) is 15.2 Å². The Morgan fingerprint density at radius 2 is 1.88 bits per heavy atom. The molecule has 0 saturated carbocycles. The van der Waals surface area contributed by atoms with E-state index in [1.54, 1.807) is 12.1 Å². The summed E-state index contributed by atoms with van der Waals surface area (Å²) in [5.41, 5.74) is 0.705. The van der Waals surface area contributed by atoms with Crippen LogP contribution in [0.4, 0.5) is 11.5 Å². The summed E-state index contributed by atoms with van der Waals surface area (Å²) in [6.07, 6.45) is 0. The van der Waals surface area contributed by atoms with Crippen molar-refractivity contribution in [1.82, 2.24) is 15.2 Å². The molecule has 2 rings (SSSR count). The number of benzene rings is 1. The highest BCUT2D eigenvalue weighted by molar-refractivity contribution is 9.10. The molecule has 0 aliphatic carbocycles. The van der Waals surface area contributed by atoms with E-state index in [4.69, 9.17) is 34.8 Å². The van der Waals surface area contributed by atoms with E-state index < -0.39 is 0 Å². The summed E-state index contributed by atoms with van der Waals surface area (Å²) < 4.78 is 0.701. The monoisotopic (exact) mass is 352 g/mol. The van der Waals surface area contributed by atoms with Gasteiger partial charge in [-0.1, -0.05) is 29.3 Å². The van der Waals surface area contributed by atoms with Gasteiger partial charge in [0.1, 0.15) is 0 Å². The Morgan fingerprint density at radius 1 is 1.12 bits per heavy atom. The zero-order valence-electron chi connectivity index (χ0n) is 8.09. The molecule has 2 aromatic rings. The first-order valence-corrected chi connectivity index (χ1v) is 6.27. The summed E-state index contributed by atoms with van der Waals surface area (Å²) >= 11 is 20.8. The Hall–Kier alpha value is -0.620. The fourth-order valence-electron chi connectivity index (χ4n) is 1.10. The Labute approximate surface area is 120 Å². The number of hydrogen-bond acceptors (Lipinski definition) is 4. The normalized spacial score (nSPS) is 10.4. The molecule has 88 valence electrons. The van der Waals surface area contributed by atoms with Crippen LogP contribution in [-0.4, -0.2) is 15.2 Å². The third-order valence-corrected chi connectivity index (χ3v) is 3.64. The molecule has 1 heterocycles. The van der Waals surface area contributed by atoms with Crippen molar-refractivity contribution in [1.29, 1.82) is 0 Å². The number of halogens is 4. The van der Waals surface area contributed by atoms with Gasteiger partial charge in [-0.2, -0.15) is 4.98 Å². The van der Waals surface area contributed by atoms with E-state index in [1.807, 2.05) is 6.07 Å². The van der Waals surface area contributed by atoms with Crippen molar-refractivity contribution >= 4 is 62.2 Å². The molecule has 0 aliphatic heterocycles. The average molecular weight is 354 g/mol. The number of rotatable bonds is 2. The number of nitrogens with zero attached hydrogens (tertiary/aromatic N) is 3. The number of aromatic nitrogens is 3. The predicted molar refractivity (Wildman–Crippen MR) is 72.3 cm³/mol. The third-order valence-electron chi connectivity index (χ3n) is 1.82. The molecule has 0 unspecified atom stereocenters. The Morgan fingerprint density at radius 3 is 2.65 bits per heavy atom. The summed E-state index contributed by atoms with van der Waals surface area (Å²) in [6, 6.07) is 5.35. The zero-order chi connectivity index (χ0) is 12.4. The second-order valence-electron chi connectivity index (χ2n) is 2.95. The smallest absolute Gasteiger partial charge is 0.245 e. The summed E-state index contributed by atoms with van der Waals surface area (Å²) in [7, 11) is 0. The Bertz CT molecular complexity index is 564.